The molecule has 0 saturated carbocycles. The molecule has 0 spiro atoms. The Morgan fingerprint density at radius 3 is 2.40 bits per heavy atom. The molecule has 1 aromatic heterocycles. The van der Waals surface area contributed by atoms with Gasteiger partial charge in [-0.05, 0) is 24.8 Å². The van der Waals surface area contributed by atoms with Crippen LogP contribution in [0.15, 0.2) is 30.3 Å². The zero-order valence-corrected chi connectivity index (χ0v) is 16.4. The first-order valence-corrected chi connectivity index (χ1v) is 9.64. The maximum atomic E-state index is 12.3. The van der Waals surface area contributed by atoms with Crippen molar-refractivity contribution >= 4 is 17.7 Å². The lowest BCUT2D eigenvalue weighted by molar-refractivity contribution is 0.155. The molecule has 1 fully saturated rings. The van der Waals surface area contributed by atoms with Gasteiger partial charge in [-0.25, -0.2) is 9.78 Å². The zero-order valence-electron chi connectivity index (χ0n) is 16.4. The van der Waals surface area contributed by atoms with Gasteiger partial charge in [0.1, 0.15) is 35.7 Å². The Morgan fingerprint density at radius 2 is 1.77 bits per heavy atom. The van der Waals surface area contributed by atoms with Gasteiger partial charge in [0.15, 0.2) is 5.82 Å². The van der Waals surface area contributed by atoms with E-state index >= 15 is 0 Å². The molecule has 150 valence electrons. The van der Waals surface area contributed by atoms with Crippen LogP contribution in [0.1, 0.15) is 41.5 Å². The second-order valence-electron chi connectivity index (χ2n) is 6.81. The van der Waals surface area contributed by atoms with Gasteiger partial charge in [-0.2, -0.15) is 15.8 Å². The average Bonchev–Trinajstić information content (AvgIpc) is 2.79. The molecule has 3 rings (SSSR count). The molecule has 0 bridgehead atoms. The molecule has 1 N–H and O–H groups in total. The number of nitrogens with zero attached hydrogens (tertiary/aromatic N) is 5. The van der Waals surface area contributed by atoms with Crippen LogP contribution in [0.5, 0.6) is 0 Å². The van der Waals surface area contributed by atoms with E-state index in [4.69, 9.17) is 4.74 Å². The quantitative estimate of drug-likeness (QED) is 0.812. The van der Waals surface area contributed by atoms with Crippen LogP contribution in [-0.4, -0.2) is 24.2 Å². The van der Waals surface area contributed by atoms with Gasteiger partial charge in [0.2, 0.25) is 0 Å². The standard InChI is InChI=1S/C22H20N6O2/c23-10-9-17-18(13-24)20(27-22(29)30-15-16-7-3-1-4-8-16)26-21(19(17)14-25)28-11-5-2-6-12-28/h1,3-4,7-8H,2,5-6,9,11-12,15H2,(H,26,27,29). The number of hydrogen-bond acceptors (Lipinski definition) is 7. The Bertz CT molecular complexity index is 1040. The fourth-order valence-corrected chi connectivity index (χ4v) is 3.40. The number of carbonyl (C=O) groups is 1. The number of nitriles is 3. The van der Waals surface area contributed by atoms with Gasteiger partial charge in [0.05, 0.1) is 12.5 Å². The number of piperidine rings is 1. The van der Waals surface area contributed by atoms with Crippen LogP contribution in [-0.2, 0) is 17.8 Å². The van der Waals surface area contributed by atoms with Crippen LogP contribution >= 0.6 is 0 Å². The minimum Gasteiger partial charge on any atom is -0.444 e. The number of rotatable bonds is 5. The van der Waals surface area contributed by atoms with E-state index in [1.165, 1.54) is 0 Å². The summed E-state index contributed by atoms with van der Waals surface area (Å²) in [5.41, 5.74) is 1.31. The largest absolute Gasteiger partial charge is 0.444 e. The van der Waals surface area contributed by atoms with E-state index in [2.05, 4.69) is 16.4 Å². The van der Waals surface area contributed by atoms with E-state index in [0.29, 0.717) is 5.82 Å². The molecular weight excluding hydrogens is 380 g/mol. The van der Waals surface area contributed by atoms with E-state index in [0.717, 1.165) is 37.9 Å². The SMILES string of the molecule is N#CCc1c(C#N)c(NC(=O)OCc2ccccc2)nc(N2CCCCC2)c1C#N. The summed E-state index contributed by atoms with van der Waals surface area (Å²) >= 11 is 0. The van der Waals surface area contributed by atoms with E-state index in [1.807, 2.05) is 47.4 Å². The van der Waals surface area contributed by atoms with E-state index in [-0.39, 0.29) is 35.5 Å². The minimum atomic E-state index is -0.764. The number of anilines is 2. The molecule has 0 aliphatic carbocycles. The lowest BCUT2D eigenvalue weighted by Gasteiger charge is -2.29. The fraction of sp³-hybridized carbons (Fsp3) is 0.318. The average molecular weight is 400 g/mol. The Balaban J connectivity index is 1.93. The van der Waals surface area contributed by atoms with Crippen LogP contribution in [0.4, 0.5) is 16.4 Å². The van der Waals surface area contributed by atoms with Crippen molar-refractivity contribution in [3.63, 3.8) is 0 Å². The Kier molecular flexibility index (Phi) is 6.82. The van der Waals surface area contributed by atoms with Gasteiger partial charge in [-0.3, -0.25) is 5.32 Å². The molecule has 1 saturated heterocycles. The third kappa shape index (κ3) is 4.66. The highest BCUT2D eigenvalue weighted by atomic mass is 16.5. The summed E-state index contributed by atoms with van der Waals surface area (Å²) in [6.07, 6.45) is 2.11. The highest BCUT2D eigenvalue weighted by Gasteiger charge is 2.25. The second-order valence-corrected chi connectivity index (χ2v) is 6.81. The van der Waals surface area contributed by atoms with Crippen LogP contribution in [0.3, 0.4) is 0 Å². The maximum Gasteiger partial charge on any atom is 0.413 e. The smallest absolute Gasteiger partial charge is 0.413 e. The molecule has 1 amide bonds. The zero-order chi connectivity index (χ0) is 21.3. The van der Waals surface area contributed by atoms with Gasteiger partial charge in [-0.15, -0.1) is 0 Å². The topological polar surface area (TPSA) is 126 Å². The van der Waals surface area contributed by atoms with E-state index < -0.39 is 6.09 Å². The van der Waals surface area contributed by atoms with Crippen molar-refractivity contribution in [2.24, 2.45) is 0 Å². The highest BCUT2D eigenvalue weighted by Crippen LogP contribution is 2.31. The molecule has 0 atom stereocenters. The van der Waals surface area contributed by atoms with Crippen molar-refractivity contribution in [2.45, 2.75) is 32.3 Å². The summed E-state index contributed by atoms with van der Waals surface area (Å²) < 4.78 is 5.23. The van der Waals surface area contributed by atoms with Crippen molar-refractivity contribution in [3.8, 4) is 18.2 Å². The molecule has 8 heteroatoms. The van der Waals surface area contributed by atoms with Gasteiger partial charge in [-0.1, -0.05) is 30.3 Å². The molecule has 1 aliphatic heterocycles. The van der Waals surface area contributed by atoms with Crippen LogP contribution < -0.4 is 10.2 Å². The van der Waals surface area contributed by atoms with E-state index in [9.17, 15) is 20.6 Å². The minimum absolute atomic E-state index is 0.000357. The van der Waals surface area contributed by atoms with E-state index in [1.54, 1.807) is 0 Å². The number of carbonyl (C=O) groups excluding carboxylic acids is 1. The Hall–Kier alpha value is -4.09. The second kappa shape index (κ2) is 9.91. The van der Waals surface area contributed by atoms with Crippen molar-refractivity contribution in [3.05, 3.63) is 52.6 Å². The lowest BCUT2D eigenvalue weighted by Crippen LogP contribution is -2.32. The van der Waals surface area contributed by atoms with Crippen molar-refractivity contribution in [1.82, 2.24) is 4.98 Å². The number of nitrogens with one attached hydrogen (secondary N) is 1. The number of ether oxygens (including phenoxy) is 1. The number of hydrogen-bond donors (Lipinski definition) is 1. The maximum absolute atomic E-state index is 12.3. The third-order valence-corrected chi connectivity index (χ3v) is 4.85. The summed E-state index contributed by atoms with van der Waals surface area (Å²) in [5, 5.41) is 31.1. The van der Waals surface area contributed by atoms with Gasteiger partial charge in [0.25, 0.3) is 0 Å². The first-order chi connectivity index (χ1) is 14.7. The van der Waals surface area contributed by atoms with Crippen LogP contribution in [0.2, 0.25) is 0 Å². The Morgan fingerprint density at radius 1 is 1.07 bits per heavy atom. The highest BCUT2D eigenvalue weighted by molar-refractivity contribution is 5.87. The summed E-state index contributed by atoms with van der Waals surface area (Å²) in [6, 6.07) is 15.3. The summed E-state index contributed by atoms with van der Waals surface area (Å²) in [7, 11) is 0. The number of benzene rings is 1. The normalized spacial score (nSPS) is 12.9. The summed E-state index contributed by atoms with van der Waals surface area (Å²) in [6.45, 7) is 1.50. The predicted molar refractivity (Wildman–Crippen MR) is 109 cm³/mol. The predicted octanol–water partition coefficient (Wildman–Crippen LogP) is 3.63. The molecule has 1 aromatic carbocycles. The van der Waals surface area contributed by atoms with Crippen LogP contribution in [0, 0.1) is 34.0 Å². The van der Waals surface area contributed by atoms with Crippen molar-refractivity contribution < 1.29 is 9.53 Å². The molecule has 0 unspecified atom stereocenters. The van der Waals surface area contributed by atoms with Gasteiger partial charge >= 0.3 is 6.09 Å². The fourth-order valence-electron chi connectivity index (χ4n) is 3.40. The number of pyridine rings is 1. The van der Waals surface area contributed by atoms with Gasteiger partial charge < -0.3 is 9.64 Å². The molecule has 30 heavy (non-hydrogen) atoms. The molecule has 2 heterocycles. The first kappa shape index (κ1) is 20.6. The summed E-state index contributed by atoms with van der Waals surface area (Å²) in [5.74, 6) is 0.389. The Labute approximate surface area is 174 Å². The number of amides is 1. The summed E-state index contributed by atoms with van der Waals surface area (Å²) in [4.78, 5) is 18.7. The first-order valence-electron chi connectivity index (χ1n) is 9.64. The monoisotopic (exact) mass is 400 g/mol. The van der Waals surface area contributed by atoms with Crippen LogP contribution in [0.25, 0.3) is 0 Å². The molecule has 2 aromatic rings. The van der Waals surface area contributed by atoms with Crippen molar-refractivity contribution in [1.29, 1.82) is 15.8 Å². The van der Waals surface area contributed by atoms with Gasteiger partial charge in [0, 0.05) is 18.7 Å². The third-order valence-electron chi connectivity index (χ3n) is 4.85. The molecular formula is C22H20N6O2. The molecule has 1 aliphatic rings. The lowest BCUT2D eigenvalue weighted by atomic mass is 9.99. The molecule has 8 nitrogen and oxygen atoms in total. The molecule has 0 radical (unpaired) electrons. The van der Waals surface area contributed by atoms with Crippen molar-refractivity contribution in [2.75, 3.05) is 23.3 Å². The number of aromatic nitrogens is 1.